The maximum Gasteiger partial charge on any atom is 0.153 e. The van der Waals surface area contributed by atoms with Gasteiger partial charge in [-0.15, -0.1) is 0 Å². The van der Waals surface area contributed by atoms with Gasteiger partial charge in [0.2, 0.25) is 0 Å². The van der Waals surface area contributed by atoms with Crippen molar-refractivity contribution >= 4 is 5.82 Å². The van der Waals surface area contributed by atoms with Crippen LogP contribution in [0.4, 0.5) is 5.82 Å². The molecule has 3 rings (SSSR count). The van der Waals surface area contributed by atoms with Crippen LogP contribution in [0.5, 0.6) is 0 Å². The Kier molecular flexibility index (Phi) is 2.53. The Morgan fingerprint density at radius 3 is 2.33 bits per heavy atom. The van der Waals surface area contributed by atoms with Crippen molar-refractivity contribution in [1.82, 2.24) is 15.2 Å². The number of nitrogens with one attached hydrogen (secondary N) is 1. The van der Waals surface area contributed by atoms with Crippen molar-refractivity contribution in [2.24, 2.45) is 0 Å². The predicted molar refractivity (Wildman–Crippen MR) is 71.7 cm³/mol. The average molecular weight is 236 g/mol. The van der Waals surface area contributed by atoms with Crippen molar-refractivity contribution in [2.75, 3.05) is 5.73 Å². The van der Waals surface area contributed by atoms with Gasteiger partial charge in [0.05, 0.1) is 11.3 Å². The van der Waals surface area contributed by atoms with Crippen LogP contribution >= 0.6 is 0 Å². The van der Waals surface area contributed by atoms with Crippen molar-refractivity contribution in [1.29, 1.82) is 0 Å². The highest BCUT2D eigenvalue weighted by Gasteiger charge is 2.13. The van der Waals surface area contributed by atoms with Crippen molar-refractivity contribution in [2.45, 2.75) is 0 Å². The lowest BCUT2D eigenvalue weighted by Crippen LogP contribution is -1.88. The van der Waals surface area contributed by atoms with E-state index >= 15 is 0 Å². The number of aromatic nitrogens is 3. The van der Waals surface area contributed by atoms with Crippen LogP contribution in [0, 0.1) is 0 Å². The Morgan fingerprint density at radius 1 is 0.889 bits per heavy atom. The molecule has 2 heterocycles. The summed E-state index contributed by atoms with van der Waals surface area (Å²) in [6.45, 7) is 0. The summed E-state index contributed by atoms with van der Waals surface area (Å²) in [6, 6.07) is 13.8. The fraction of sp³-hybridized carbons (Fsp3) is 0. The zero-order chi connectivity index (χ0) is 12.4. The lowest BCUT2D eigenvalue weighted by Gasteiger charge is -2.04. The van der Waals surface area contributed by atoms with E-state index in [1.54, 1.807) is 12.4 Å². The number of pyridine rings is 1. The molecule has 4 heteroatoms. The Balaban J connectivity index is 2.19. The van der Waals surface area contributed by atoms with Gasteiger partial charge in [-0.1, -0.05) is 30.3 Å². The highest BCUT2D eigenvalue weighted by atomic mass is 15.2. The van der Waals surface area contributed by atoms with Crippen LogP contribution in [0.2, 0.25) is 0 Å². The first-order valence-electron chi connectivity index (χ1n) is 5.66. The van der Waals surface area contributed by atoms with Gasteiger partial charge in [-0.2, -0.15) is 5.10 Å². The van der Waals surface area contributed by atoms with Crippen LogP contribution in [-0.4, -0.2) is 15.2 Å². The number of hydrogen-bond acceptors (Lipinski definition) is 3. The smallest absolute Gasteiger partial charge is 0.153 e. The summed E-state index contributed by atoms with van der Waals surface area (Å²) in [5.41, 5.74) is 9.88. The Labute approximate surface area is 105 Å². The lowest BCUT2D eigenvalue weighted by atomic mass is 10.0. The zero-order valence-electron chi connectivity index (χ0n) is 9.67. The van der Waals surface area contributed by atoms with Gasteiger partial charge in [0.15, 0.2) is 5.82 Å². The molecule has 0 amide bonds. The molecule has 0 saturated heterocycles. The summed E-state index contributed by atoms with van der Waals surface area (Å²) in [4.78, 5) is 4.01. The van der Waals surface area contributed by atoms with Crippen LogP contribution in [0.3, 0.4) is 0 Å². The van der Waals surface area contributed by atoms with Crippen LogP contribution in [0.25, 0.3) is 22.4 Å². The Hall–Kier alpha value is -2.62. The SMILES string of the molecule is Nc1n[nH]c(-c2ccncc2)c1-c1ccccc1. The molecule has 0 spiro atoms. The lowest BCUT2D eigenvalue weighted by molar-refractivity contribution is 1.10. The number of anilines is 1. The molecule has 88 valence electrons. The molecule has 0 atom stereocenters. The second kappa shape index (κ2) is 4.33. The molecule has 0 aliphatic carbocycles. The molecule has 0 bridgehead atoms. The van der Waals surface area contributed by atoms with E-state index < -0.39 is 0 Å². The molecule has 0 fully saturated rings. The summed E-state index contributed by atoms with van der Waals surface area (Å²) in [5, 5.41) is 7.09. The fourth-order valence-electron chi connectivity index (χ4n) is 1.98. The molecule has 0 radical (unpaired) electrons. The van der Waals surface area contributed by atoms with Gasteiger partial charge in [0.1, 0.15) is 0 Å². The van der Waals surface area contributed by atoms with Crippen molar-refractivity contribution < 1.29 is 0 Å². The summed E-state index contributed by atoms with van der Waals surface area (Å²) in [6.07, 6.45) is 3.50. The Morgan fingerprint density at radius 2 is 1.61 bits per heavy atom. The van der Waals surface area contributed by atoms with Gasteiger partial charge in [-0.25, -0.2) is 0 Å². The Bertz CT molecular complexity index is 644. The second-order valence-corrected chi connectivity index (χ2v) is 3.96. The van der Waals surface area contributed by atoms with E-state index in [4.69, 9.17) is 5.73 Å². The molecule has 4 nitrogen and oxygen atoms in total. The first-order valence-corrected chi connectivity index (χ1v) is 5.66. The number of hydrogen-bond donors (Lipinski definition) is 2. The molecule has 1 aromatic carbocycles. The van der Waals surface area contributed by atoms with Crippen LogP contribution in [0.15, 0.2) is 54.9 Å². The van der Waals surface area contributed by atoms with Crippen molar-refractivity contribution in [3.63, 3.8) is 0 Å². The van der Waals surface area contributed by atoms with E-state index in [1.165, 1.54) is 0 Å². The third-order valence-electron chi connectivity index (χ3n) is 2.83. The molecule has 2 aromatic heterocycles. The average Bonchev–Trinajstić information content (AvgIpc) is 2.83. The summed E-state index contributed by atoms with van der Waals surface area (Å²) < 4.78 is 0. The minimum absolute atomic E-state index is 0.507. The largest absolute Gasteiger partial charge is 0.382 e. The van der Waals surface area contributed by atoms with Crippen molar-refractivity contribution in [3.05, 3.63) is 54.9 Å². The highest BCUT2D eigenvalue weighted by molar-refractivity contribution is 5.87. The minimum Gasteiger partial charge on any atom is -0.382 e. The molecule has 0 saturated carbocycles. The van der Waals surface area contributed by atoms with Crippen LogP contribution in [0.1, 0.15) is 0 Å². The molecule has 0 aliphatic heterocycles. The fourth-order valence-corrected chi connectivity index (χ4v) is 1.98. The first kappa shape index (κ1) is 10.5. The van der Waals surface area contributed by atoms with Gasteiger partial charge < -0.3 is 5.73 Å². The van der Waals surface area contributed by atoms with Crippen LogP contribution in [-0.2, 0) is 0 Å². The summed E-state index contributed by atoms with van der Waals surface area (Å²) in [5.74, 6) is 0.507. The van der Waals surface area contributed by atoms with E-state index in [2.05, 4.69) is 15.2 Å². The summed E-state index contributed by atoms with van der Waals surface area (Å²) in [7, 11) is 0. The van der Waals surface area contributed by atoms with E-state index in [9.17, 15) is 0 Å². The molecular weight excluding hydrogens is 224 g/mol. The maximum atomic E-state index is 5.95. The molecule has 18 heavy (non-hydrogen) atoms. The van der Waals surface area contributed by atoms with Gasteiger partial charge in [0, 0.05) is 18.0 Å². The second-order valence-electron chi connectivity index (χ2n) is 3.96. The summed E-state index contributed by atoms with van der Waals surface area (Å²) >= 11 is 0. The molecule has 3 aromatic rings. The number of nitrogens with two attached hydrogens (primary N) is 1. The number of rotatable bonds is 2. The van der Waals surface area contributed by atoms with Gasteiger partial charge in [-0.05, 0) is 17.7 Å². The number of nitrogens with zero attached hydrogens (tertiary/aromatic N) is 2. The van der Waals surface area contributed by atoms with Gasteiger partial charge in [-0.3, -0.25) is 10.1 Å². The topological polar surface area (TPSA) is 67.6 Å². The minimum atomic E-state index is 0.507. The predicted octanol–water partition coefficient (Wildman–Crippen LogP) is 2.72. The van der Waals surface area contributed by atoms with Crippen molar-refractivity contribution in [3.8, 4) is 22.4 Å². The van der Waals surface area contributed by atoms with Gasteiger partial charge in [0.25, 0.3) is 0 Å². The number of benzene rings is 1. The van der Waals surface area contributed by atoms with Crippen LogP contribution < -0.4 is 5.73 Å². The van der Waals surface area contributed by atoms with E-state index in [0.717, 1.165) is 22.4 Å². The van der Waals surface area contributed by atoms with E-state index in [1.807, 2.05) is 42.5 Å². The molecular formula is C14H12N4. The zero-order valence-corrected chi connectivity index (χ0v) is 9.67. The molecule has 0 unspecified atom stereocenters. The number of H-pyrrole nitrogens is 1. The normalized spacial score (nSPS) is 10.4. The molecule has 3 N–H and O–H groups in total. The molecule has 0 aliphatic rings. The van der Waals surface area contributed by atoms with E-state index in [0.29, 0.717) is 5.82 Å². The quantitative estimate of drug-likeness (QED) is 0.718. The third-order valence-corrected chi connectivity index (χ3v) is 2.83. The standard InChI is InChI=1S/C14H12N4/c15-14-12(10-4-2-1-3-5-10)13(17-18-14)11-6-8-16-9-7-11/h1-9H,(H3,15,17,18). The number of aromatic amines is 1. The monoisotopic (exact) mass is 236 g/mol. The highest BCUT2D eigenvalue weighted by Crippen LogP contribution is 2.33. The number of nitrogen functional groups attached to an aromatic ring is 1. The maximum absolute atomic E-state index is 5.95. The van der Waals surface area contributed by atoms with Gasteiger partial charge >= 0.3 is 0 Å². The first-order chi connectivity index (χ1) is 8.86. The third kappa shape index (κ3) is 1.73. The van der Waals surface area contributed by atoms with E-state index in [-0.39, 0.29) is 0 Å².